The van der Waals surface area contributed by atoms with Crippen molar-refractivity contribution < 1.29 is 69.4 Å². The average molecular weight is 652 g/mol. The maximum absolute atomic E-state index is 13.3. The Bertz CT molecular complexity index is 1530. The van der Waals surface area contributed by atoms with Crippen LogP contribution in [0.3, 0.4) is 0 Å². The van der Waals surface area contributed by atoms with Gasteiger partial charge in [-0.25, -0.2) is 24.3 Å². The smallest absolute Gasteiger partial charge is 0.497 e. The molecule has 0 N–H and O–H groups in total. The molecule has 10 nitrogen and oxygen atoms in total. The molecule has 17 heteroatoms. The second-order valence-corrected chi connectivity index (χ2v) is 9.44. The standard InChI is InChI=1S/C27H20ClF6NO9/c1-25(2,23(37)43-44-24(38)26(29,30)31)41-20-11-16(39-3)6-7-17(20)22(36)15-5-9-21(35-12-15)40-13-14-4-8-19(18(28)10-14)42-27(32,33)34/h4-12H,13H2,1-3H3. The predicted molar refractivity (Wildman–Crippen MR) is 136 cm³/mol. The van der Waals surface area contributed by atoms with Crippen LogP contribution in [0.2, 0.25) is 5.02 Å². The summed E-state index contributed by atoms with van der Waals surface area (Å²) in [6.07, 6.45) is -9.18. The molecule has 0 bridgehead atoms. The van der Waals surface area contributed by atoms with Crippen LogP contribution in [0.4, 0.5) is 26.3 Å². The molecule has 0 aliphatic heterocycles. The van der Waals surface area contributed by atoms with Crippen LogP contribution in [0.15, 0.2) is 54.7 Å². The van der Waals surface area contributed by atoms with Gasteiger partial charge in [0.1, 0.15) is 23.9 Å². The maximum atomic E-state index is 13.3. The third kappa shape index (κ3) is 9.13. The van der Waals surface area contributed by atoms with Crippen molar-refractivity contribution in [2.24, 2.45) is 0 Å². The Morgan fingerprint density at radius 1 is 0.841 bits per heavy atom. The van der Waals surface area contributed by atoms with Gasteiger partial charge in [-0.2, -0.15) is 13.2 Å². The number of rotatable bonds is 10. The topological polar surface area (TPSA) is 119 Å². The highest BCUT2D eigenvalue weighted by Gasteiger charge is 2.44. The first-order valence-corrected chi connectivity index (χ1v) is 12.3. The van der Waals surface area contributed by atoms with Crippen molar-refractivity contribution in [3.05, 3.63) is 76.4 Å². The molecule has 0 aliphatic rings. The van der Waals surface area contributed by atoms with Crippen molar-refractivity contribution >= 4 is 29.3 Å². The van der Waals surface area contributed by atoms with Crippen molar-refractivity contribution in [1.82, 2.24) is 4.98 Å². The van der Waals surface area contributed by atoms with E-state index in [4.69, 9.17) is 25.8 Å². The van der Waals surface area contributed by atoms with E-state index in [-0.39, 0.29) is 40.1 Å². The molecular formula is C27H20ClF6NO9. The van der Waals surface area contributed by atoms with Crippen molar-refractivity contribution in [3.63, 3.8) is 0 Å². The van der Waals surface area contributed by atoms with Gasteiger partial charge in [0.25, 0.3) is 0 Å². The van der Waals surface area contributed by atoms with E-state index in [9.17, 15) is 40.7 Å². The lowest BCUT2D eigenvalue weighted by atomic mass is 10.0. The van der Waals surface area contributed by atoms with E-state index in [0.717, 1.165) is 26.1 Å². The van der Waals surface area contributed by atoms with Crippen LogP contribution < -0.4 is 18.9 Å². The Kier molecular flexibility index (Phi) is 10.2. The number of carbonyl (C=O) groups is 3. The minimum Gasteiger partial charge on any atom is -0.497 e. The van der Waals surface area contributed by atoms with Gasteiger partial charge < -0.3 is 18.9 Å². The Balaban J connectivity index is 1.73. The van der Waals surface area contributed by atoms with E-state index in [0.29, 0.717) is 5.56 Å². The van der Waals surface area contributed by atoms with Gasteiger partial charge in [-0.3, -0.25) is 4.79 Å². The number of pyridine rings is 1. The van der Waals surface area contributed by atoms with Gasteiger partial charge in [-0.1, -0.05) is 17.7 Å². The van der Waals surface area contributed by atoms with Gasteiger partial charge in [0.2, 0.25) is 11.5 Å². The first-order chi connectivity index (χ1) is 20.4. The summed E-state index contributed by atoms with van der Waals surface area (Å²) in [6.45, 7) is 2.02. The van der Waals surface area contributed by atoms with Gasteiger partial charge in [0, 0.05) is 23.9 Å². The lowest BCUT2D eigenvalue weighted by Crippen LogP contribution is -2.41. The minimum absolute atomic E-state index is 0.0172. The number of methoxy groups -OCH3 is 1. The molecule has 0 unspecified atom stereocenters. The number of hydrogen-bond acceptors (Lipinski definition) is 10. The van der Waals surface area contributed by atoms with Crippen LogP contribution in [-0.2, 0) is 26.0 Å². The molecule has 3 aromatic rings. The molecule has 236 valence electrons. The highest BCUT2D eigenvalue weighted by Crippen LogP contribution is 2.32. The molecule has 0 spiro atoms. The monoisotopic (exact) mass is 651 g/mol. The number of carbonyl (C=O) groups excluding carboxylic acids is 3. The minimum atomic E-state index is -5.42. The molecule has 0 atom stereocenters. The lowest BCUT2D eigenvalue weighted by Gasteiger charge is -2.24. The highest BCUT2D eigenvalue weighted by molar-refractivity contribution is 6.32. The van der Waals surface area contributed by atoms with Gasteiger partial charge in [0.15, 0.2) is 5.78 Å². The van der Waals surface area contributed by atoms with Crippen LogP contribution in [-0.4, -0.2) is 48.0 Å². The molecule has 0 fully saturated rings. The summed E-state index contributed by atoms with van der Waals surface area (Å²) in [5.74, 6) is -5.56. The van der Waals surface area contributed by atoms with Crippen LogP contribution in [0.25, 0.3) is 0 Å². The second-order valence-electron chi connectivity index (χ2n) is 9.03. The van der Waals surface area contributed by atoms with Crippen molar-refractivity contribution in [2.45, 2.75) is 38.6 Å². The van der Waals surface area contributed by atoms with E-state index in [1.807, 2.05) is 0 Å². The number of ether oxygens (including phenoxy) is 4. The van der Waals surface area contributed by atoms with Gasteiger partial charge in [-0.05, 0) is 49.7 Å². The lowest BCUT2D eigenvalue weighted by molar-refractivity contribution is -0.291. The summed E-state index contributed by atoms with van der Waals surface area (Å²) in [6, 6.07) is 10.1. The quantitative estimate of drug-likeness (QED) is 0.109. The van der Waals surface area contributed by atoms with Crippen molar-refractivity contribution in [1.29, 1.82) is 0 Å². The predicted octanol–water partition coefficient (Wildman–Crippen LogP) is 6.17. The first-order valence-electron chi connectivity index (χ1n) is 11.9. The zero-order chi connectivity index (χ0) is 32.9. The number of nitrogens with zero attached hydrogens (tertiary/aromatic N) is 1. The Labute approximate surface area is 249 Å². The third-order valence-corrected chi connectivity index (χ3v) is 5.62. The van der Waals surface area contributed by atoms with E-state index in [1.165, 1.54) is 49.6 Å². The number of aromatic nitrogens is 1. The molecule has 1 heterocycles. The van der Waals surface area contributed by atoms with E-state index < -0.39 is 41.6 Å². The Hall–Kier alpha value is -4.73. The zero-order valence-corrected chi connectivity index (χ0v) is 23.4. The molecule has 44 heavy (non-hydrogen) atoms. The molecule has 0 radical (unpaired) electrons. The van der Waals surface area contributed by atoms with Crippen molar-refractivity contribution in [3.8, 4) is 23.1 Å². The fourth-order valence-corrected chi connectivity index (χ4v) is 3.44. The summed E-state index contributed by atoms with van der Waals surface area (Å²) in [4.78, 5) is 48.0. The number of hydrogen-bond donors (Lipinski definition) is 0. The second kappa shape index (κ2) is 13.3. The molecule has 0 saturated carbocycles. The largest absolute Gasteiger partial charge is 0.573 e. The number of benzene rings is 2. The Morgan fingerprint density at radius 3 is 2.09 bits per heavy atom. The van der Waals surface area contributed by atoms with Gasteiger partial charge in [0.05, 0.1) is 17.7 Å². The number of ketones is 1. The van der Waals surface area contributed by atoms with E-state index in [2.05, 4.69) is 19.5 Å². The molecule has 0 amide bonds. The van der Waals surface area contributed by atoms with Crippen LogP contribution in [0.5, 0.6) is 23.1 Å². The summed E-state index contributed by atoms with van der Waals surface area (Å²) in [5.41, 5.74) is -1.78. The summed E-state index contributed by atoms with van der Waals surface area (Å²) in [5, 5.41) is -0.298. The Morgan fingerprint density at radius 2 is 1.52 bits per heavy atom. The fourth-order valence-electron chi connectivity index (χ4n) is 3.20. The number of halogens is 7. The third-order valence-electron chi connectivity index (χ3n) is 5.32. The molecule has 3 rings (SSSR count). The summed E-state index contributed by atoms with van der Waals surface area (Å²) in [7, 11) is 1.30. The molecule has 1 aromatic heterocycles. The first kappa shape index (κ1) is 33.8. The van der Waals surface area contributed by atoms with Gasteiger partial charge in [-0.15, -0.1) is 13.2 Å². The molecule has 0 aliphatic carbocycles. The maximum Gasteiger partial charge on any atom is 0.573 e. The van der Waals surface area contributed by atoms with E-state index >= 15 is 0 Å². The molecule has 2 aromatic carbocycles. The van der Waals surface area contributed by atoms with Crippen molar-refractivity contribution in [2.75, 3.05) is 7.11 Å². The van der Waals surface area contributed by atoms with Gasteiger partial charge >= 0.3 is 24.5 Å². The van der Waals surface area contributed by atoms with Crippen LogP contribution in [0, 0.1) is 0 Å². The normalized spacial score (nSPS) is 11.8. The van der Waals surface area contributed by atoms with Crippen LogP contribution >= 0.6 is 11.6 Å². The van der Waals surface area contributed by atoms with E-state index in [1.54, 1.807) is 0 Å². The zero-order valence-electron chi connectivity index (χ0n) is 22.7. The highest BCUT2D eigenvalue weighted by atomic mass is 35.5. The molecule has 0 saturated heterocycles. The number of alkyl halides is 6. The summed E-state index contributed by atoms with van der Waals surface area (Å²) >= 11 is 5.83. The van der Waals surface area contributed by atoms with Crippen LogP contribution in [0.1, 0.15) is 35.3 Å². The SMILES string of the molecule is COc1ccc(C(=O)c2ccc(OCc3ccc(OC(F)(F)F)c(Cl)c3)nc2)c(OC(C)(C)C(=O)OOC(=O)C(F)(F)F)c1. The summed E-state index contributed by atoms with van der Waals surface area (Å²) < 4.78 is 94.3. The fraction of sp³-hybridized carbons (Fsp3) is 0.259. The molecular weight excluding hydrogens is 632 g/mol. The average Bonchev–Trinajstić information content (AvgIpc) is 2.94.